The van der Waals surface area contributed by atoms with Crippen LogP contribution in [-0.4, -0.2) is 8.07 Å². The maximum absolute atomic E-state index is 3.84. The number of allylic oxidation sites excluding steroid dienone is 2. The lowest BCUT2D eigenvalue weighted by molar-refractivity contribution is 1.46. The Kier molecular flexibility index (Phi) is 4.04. The standard InChI is InChI=1S/C9H16Si/c1-5-8-10(4,7-3)9-6-2/h5-7H,1-3,8-9H2,4H3. The summed E-state index contributed by atoms with van der Waals surface area (Å²) in [6.07, 6.45) is 3.97. The molecule has 0 aromatic rings. The van der Waals surface area contributed by atoms with Crippen LogP contribution >= 0.6 is 0 Å². The molecule has 0 saturated heterocycles. The Morgan fingerprint density at radius 2 is 1.50 bits per heavy atom. The van der Waals surface area contributed by atoms with Crippen molar-refractivity contribution in [3.8, 4) is 0 Å². The lowest BCUT2D eigenvalue weighted by atomic mass is 10.7. The van der Waals surface area contributed by atoms with Crippen LogP contribution in [0.4, 0.5) is 0 Å². The second-order valence-electron chi connectivity index (χ2n) is 2.84. The molecule has 0 aliphatic rings. The minimum atomic E-state index is -1.20. The molecule has 1 heteroatoms. The highest BCUT2D eigenvalue weighted by Gasteiger charge is 2.18. The SMILES string of the molecule is C=CC[Si](C)(C=C)CC=C. The van der Waals surface area contributed by atoms with E-state index in [1.165, 1.54) is 0 Å². The highest BCUT2D eigenvalue weighted by atomic mass is 28.3. The van der Waals surface area contributed by atoms with Crippen molar-refractivity contribution in [1.29, 1.82) is 0 Å². The van der Waals surface area contributed by atoms with Gasteiger partial charge in [0.25, 0.3) is 0 Å². The fourth-order valence-electron chi connectivity index (χ4n) is 0.909. The van der Waals surface area contributed by atoms with Gasteiger partial charge in [0.15, 0.2) is 0 Å². The fourth-order valence-corrected chi connectivity index (χ4v) is 2.73. The summed E-state index contributed by atoms with van der Waals surface area (Å²) in [4.78, 5) is 0. The van der Waals surface area contributed by atoms with Gasteiger partial charge in [0, 0.05) is 0 Å². The first-order chi connectivity index (χ1) is 4.68. The van der Waals surface area contributed by atoms with Crippen molar-refractivity contribution in [3.05, 3.63) is 37.6 Å². The smallest absolute Gasteiger partial charge is 0.0813 e. The Hall–Kier alpha value is -0.563. The summed E-state index contributed by atoms with van der Waals surface area (Å²) in [5.41, 5.74) is 2.11. The second kappa shape index (κ2) is 4.28. The minimum absolute atomic E-state index is 1.11. The summed E-state index contributed by atoms with van der Waals surface area (Å²) < 4.78 is 0. The Morgan fingerprint density at radius 1 is 1.10 bits per heavy atom. The normalized spacial score (nSPS) is 10.5. The molecule has 0 aromatic heterocycles. The fraction of sp³-hybridized carbons (Fsp3) is 0.333. The molecule has 0 heterocycles. The number of hydrogen-bond donors (Lipinski definition) is 0. The summed E-state index contributed by atoms with van der Waals surface area (Å²) in [5.74, 6) is 0. The van der Waals surface area contributed by atoms with Crippen LogP contribution in [0.1, 0.15) is 0 Å². The van der Waals surface area contributed by atoms with Crippen molar-refractivity contribution in [2.75, 3.05) is 0 Å². The van der Waals surface area contributed by atoms with Crippen LogP contribution in [0, 0.1) is 0 Å². The van der Waals surface area contributed by atoms with Crippen LogP contribution in [-0.2, 0) is 0 Å². The molecule has 0 saturated carbocycles. The van der Waals surface area contributed by atoms with Crippen molar-refractivity contribution in [2.45, 2.75) is 18.6 Å². The molecule has 0 rings (SSSR count). The third-order valence-corrected chi connectivity index (χ3v) is 5.14. The van der Waals surface area contributed by atoms with Crippen LogP contribution in [0.5, 0.6) is 0 Å². The molecule has 0 amide bonds. The first kappa shape index (κ1) is 9.44. The van der Waals surface area contributed by atoms with E-state index in [0.29, 0.717) is 0 Å². The van der Waals surface area contributed by atoms with E-state index in [4.69, 9.17) is 0 Å². The lowest BCUT2D eigenvalue weighted by Crippen LogP contribution is -2.24. The maximum atomic E-state index is 3.84. The lowest BCUT2D eigenvalue weighted by Gasteiger charge is -2.18. The number of hydrogen-bond acceptors (Lipinski definition) is 0. The number of rotatable bonds is 5. The average molecular weight is 152 g/mol. The van der Waals surface area contributed by atoms with Crippen molar-refractivity contribution in [2.24, 2.45) is 0 Å². The topological polar surface area (TPSA) is 0 Å². The van der Waals surface area contributed by atoms with E-state index >= 15 is 0 Å². The highest BCUT2D eigenvalue weighted by molar-refractivity contribution is 6.84. The van der Waals surface area contributed by atoms with Crippen LogP contribution in [0.25, 0.3) is 0 Å². The molecule has 0 bridgehead atoms. The predicted molar refractivity (Wildman–Crippen MR) is 51.8 cm³/mol. The van der Waals surface area contributed by atoms with Gasteiger partial charge in [-0.05, 0) is 12.1 Å². The Labute approximate surface area is 65.0 Å². The van der Waals surface area contributed by atoms with E-state index in [9.17, 15) is 0 Å². The van der Waals surface area contributed by atoms with Gasteiger partial charge in [-0.15, -0.1) is 25.4 Å². The molecule has 0 fully saturated rings. The van der Waals surface area contributed by atoms with Crippen LogP contribution in [0.3, 0.4) is 0 Å². The first-order valence-electron chi connectivity index (χ1n) is 3.54. The van der Waals surface area contributed by atoms with Crippen LogP contribution in [0.2, 0.25) is 18.6 Å². The van der Waals surface area contributed by atoms with E-state index < -0.39 is 8.07 Å². The van der Waals surface area contributed by atoms with Gasteiger partial charge >= 0.3 is 0 Å². The summed E-state index contributed by atoms with van der Waals surface area (Å²) >= 11 is 0. The van der Waals surface area contributed by atoms with Crippen LogP contribution < -0.4 is 0 Å². The minimum Gasteiger partial charge on any atom is -0.107 e. The van der Waals surface area contributed by atoms with E-state index in [-0.39, 0.29) is 0 Å². The van der Waals surface area contributed by atoms with Gasteiger partial charge in [0.2, 0.25) is 0 Å². The van der Waals surface area contributed by atoms with Crippen molar-refractivity contribution in [3.63, 3.8) is 0 Å². The molecular weight excluding hydrogens is 136 g/mol. The van der Waals surface area contributed by atoms with E-state index in [2.05, 4.69) is 32.0 Å². The molecule has 0 atom stereocenters. The van der Waals surface area contributed by atoms with E-state index in [1.54, 1.807) is 0 Å². The van der Waals surface area contributed by atoms with Gasteiger partial charge in [0.05, 0.1) is 8.07 Å². The average Bonchev–Trinajstić information content (AvgIpc) is 1.89. The second-order valence-corrected chi connectivity index (χ2v) is 7.38. The molecule has 0 radical (unpaired) electrons. The molecule has 0 aliphatic carbocycles. The first-order valence-corrected chi connectivity index (χ1v) is 6.53. The van der Waals surface area contributed by atoms with E-state index in [0.717, 1.165) is 12.1 Å². The molecule has 0 unspecified atom stereocenters. The zero-order chi connectivity index (χ0) is 8.04. The summed E-state index contributed by atoms with van der Waals surface area (Å²) in [6.45, 7) is 13.6. The Morgan fingerprint density at radius 3 is 1.70 bits per heavy atom. The molecule has 0 spiro atoms. The van der Waals surface area contributed by atoms with Gasteiger partial charge in [-0.1, -0.05) is 18.7 Å². The van der Waals surface area contributed by atoms with Crippen molar-refractivity contribution < 1.29 is 0 Å². The van der Waals surface area contributed by atoms with Crippen LogP contribution in [0.15, 0.2) is 37.6 Å². The quantitative estimate of drug-likeness (QED) is 0.419. The zero-order valence-electron chi connectivity index (χ0n) is 6.77. The van der Waals surface area contributed by atoms with E-state index in [1.807, 2.05) is 12.2 Å². The largest absolute Gasteiger partial charge is 0.107 e. The summed E-state index contributed by atoms with van der Waals surface area (Å²) in [6, 6.07) is 2.23. The molecule has 10 heavy (non-hydrogen) atoms. The predicted octanol–water partition coefficient (Wildman–Crippen LogP) is 3.16. The molecule has 56 valence electrons. The summed E-state index contributed by atoms with van der Waals surface area (Å²) in [7, 11) is -1.20. The zero-order valence-corrected chi connectivity index (χ0v) is 7.77. The highest BCUT2D eigenvalue weighted by Crippen LogP contribution is 2.16. The van der Waals surface area contributed by atoms with Gasteiger partial charge in [-0.2, -0.15) is 0 Å². The molecule has 0 aromatic carbocycles. The monoisotopic (exact) mass is 152 g/mol. The van der Waals surface area contributed by atoms with Gasteiger partial charge < -0.3 is 0 Å². The molecule has 0 aliphatic heterocycles. The molecule has 0 N–H and O–H groups in total. The van der Waals surface area contributed by atoms with Crippen molar-refractivity contribution >= 4 is 8.07 Å². The van der Waals surface area contributed by atoms with Gasteiger partial charge in [-0.3, -0.25) is 0 Å². The summed E-state index contributed by atoms with van der Waals surface area (Å²) in [5, 5.41) is 0. The Balaban J connectivity index is 4.05. The van der Waals surface area contributed by atoms with Crippen molar-refractivity contribution in [1.82, 2.24) is 0 Å². The molecular formula is C9H16Si. The molecule has 0 nitrogen and oxygen atoms in total. The maximum Gasteiger partial charge on any atom is 0.0813 e. The van der Waals surface area contributed by atoms with Gasteiger partial charge in [-0.25, -0.2) is 0 Å². The third kappa shape index (κ3) is 2.83. The van der Waals surface area contributed by atoms with Gasteiger partial charge in [0.1, 0.15) is 0 Å². The Bertz CT molecular complexity index is 126. The third-order valence-electron chi connectivity index (χ3n) is 1.71.